The molecule has 4 rings (SSSR count). The van der Waals surface area contributed by atoms with Gasteiger partial charge in [-0.2, -0.15) is 4.72 Å². The number of benzene rings is 3. The number of fused-ring (bicyclic) bond motifs is 2. The van der Waals surface area contributed by atoms with Crippen LogP contribution in [0.3, 0.4) is 0 Å². The minimum absolute atomic E-state index is 0.165. The van der Waals surface area contributed by atoms with Crippen LogP contribution in [0.4, 0.5) is 0 Å². The van der Waals surface area contributed by atoms with Gasteiger partial charge in [-0.15, -0.1) is 0 Å². The third-order valence-electron chi connectivity index (χ3n) is 4.08. The molecule has 0 saturated carbocycles. The molecular weight excluding hydrogens is 358 g/mol. The van der Waals surface area contributed by atoms with Crippen LogP contribution in [-0.4, -0.2) is 8.42 Å². The highest BCUT2D eigenvalue weighted by atomic mass is 35.5. The third-order valence-corrected chi connectivity index (χ3v) is 5.77. The van der Waals surface area contributed by atoms with E-state index in [9.17, 15) is 8.42 Å². The predicted molar refractivity (Wildman–Crippen MR) is 96.6 cm³/mol. The summed E-state index contributed by atoms with van der Waals surface area (Å²) < 4.78 is 34.4. The third kappa shape index (κ3) is 3.02. The van der Waals surface area contributed by atoms with Gasteiger partial charge in [0.2, 0.25) is 10.0 Å². The maximum atomic E-state index is 12.8. The van der Waals surface area contributed by atoms with Crippen molar-refractivity contribution >= 4 is 21.6 Å². The first-order chi connectivity index (χ1) is 12.0. The largest absolute Gasteiger partial charge is 0.457 e. The van der Waals surface area contributed by atoms with E-state index in [0.717, 1.165) is 11.1 Å². The van der Waals surface area contributed by atoms with Crippen molar-refractivity contribution in [2.45, 2.75) is 10.9 Å². The molecule has 3 aromatic carbocycles. The van der Waals surface area contributed by atoms with Crippen LogP contribution in [0.5, 0.6) is 11.5 Å². The fraction of sp³-hybridized carbons (Fsp3) is 0.0526. The van der Waals surface area contributed by atoms with Crippen LogP contribution in [0, 0.1) is 0 Å². The van der Waals surface area contributed by atoms with Gasteiger partial charge in [0.05, 0.1) is 10.9 Å². The van der Waals surface area contributed by atoms with Crippen molar-refractivity contribution in [2.24, 2.45) is 0 Å². The molecule has 4 nitrogen and oxygen atoms in total. The Kier molecular flexibility index (Phi) is 4.00. The Morgan fingerprint density at radius 3 is 1.88 bits per heavy atom. The minimum Gasteiger partial charge on any atom is -0.457 e. The van der Waals surface area contributed by atoms with Gasteiger partial charge in [-0.25, -0.2) is 8.42 Å². The minimum atomic E-state index is -3.73. The molecule has 3 aromatic rings. The summed E-state index contributed by atoms with van der Waals surface area (Å²) >= 11 is 5.86. The van der Waals surface area contributed by atoms with E-state index in [1.807, 2.05) is 48.5 Å². The van der Waals surface area contributed by atoms with E-state index in [0.29, 0.717) is 16.5 Å². The Balaban J connectivity index is 1.79. The SMILES string of the molecule is O=S(=O)(NC1c2ccccc2Oc2ccccc21)c1ccc(Cl)cc1. The van der Waals surface area contributed by atoms with E-state index in [-0.39, 0.29) is 4.90 Å². The van der Waals surface area contributed by atoms with Crippen molar-refractivity contribution in [3.8, 4) is 11.5 Å². The molecule has 1 aliphatic heterocycles. The normalized spacial score (nSPS) is 13.6. The number of hydrogen-bond donors (Lipinski definition) is 1. The highest BCUT2D eigenvalue weighted by Gasteiger charge is 2.30. The van der Waals surface area contributed by atoms with Gasteiger partial charge in [0.15, 0.2) is 0 Å². The zero-order valence-corrected chi connectivity index (χ0v) is 14.6. The van der Waals surface area contributed by atoms with Crippen LogP contribution in [0.2, 0.25) is 5.02 Å². The van der Waals surface area contributed by atoms with Crippen LogP contribution >= 0.6 is 11.6 Å². The summed E-state index contributed by atoms with van der Waals surface area (Å²) in [5, 5.41) is 0.487. The summed E-state index contributed by atoms with van der Waals surface area (Å²) in [5.74, 6) is 1.29. The highest BCUT2D eigenvalue weighted by Crippen LogP contribution is 2.43. The van der Waals surface area contributed by atoms with Gasteiger partial charge in [-0.3, -0.25) is 0 Å². The van der Waals surface area contributed by atoms with Crippen molar-refractivity contribution in [2.75, 3.05) is 0 Å². The van der Waals surface area contributed by atoms with Crippen molar-refractivity contribution in [3.05, 3.63) is 88.9 Å². The Labute approximate surface area is 151 Å². The molecule has 0 atom stereocenters. The Hall–Kier alpha value is -2.34. The summed E-state index contributed by atoms with van der Waals surface area (Å²) in [6, 6.07) is 20.4. The van der Waals surface area contributed by atoms with Crippen LogP contribution in [0.1, 0.15) is 17.2 Å². The van der Waals surface area contributed by atoms with Gasteiger partial charge in [0, 0.05) is 16.1 Å². The maximum Gasteiger partial charge on any atom is 0.241 e. The number of rotatable bonds is 3. The highest BCUT2D eigenvalue weighted by molar-refractivity contribution is 7.89. The quantitative estimate of drug-likeness (QED) is 0.736. The van der Waals surface area contributed by atoms with Crippen LogP contribution in [-0.2, 0) is 10.0 Å². The molecule has 0 radical (unpaired) electrons. The summed E-state index contributed by atoms with van der Waals surface area (Å²) in [4.78, 5) is 0.165. The van der Waals surface area contributed by atoms with E-state index in [1.165, 1.54) is 12.1 Å². The van der Waals surface area contributed by atoms with E-state index in [1.54, 1.807) is 12.1 Å². The van der Waals surface area contributed by atoms with Crippen LogP contribution in [0.25, 0.3) is 0 Å². The molecule has 25 heavy (non-hydrogen) atoms. The number of ether oxygens (including phenoxy) is 1. The topological polar surface area (TPSA) is 55.4 Å². The first-order valence-corrected chi connectivity index (χ1v) is 9.54. The smallest absolute Gasteiger partial charge is 0.241 e. The number of nitrogens with one attached hydrogen (secondary N) is 1. The molecule has 0 bridgehead atoms. The van der Waals surface area contributed by atoms with Crippen molar-refractivity contribution in [1.82, 2.24) is 4.72 Å². The molecular formula is C19H14ClNO3S. The van der Waals surface area contributed by atoms with Crippen molar-refractivity contribution < 1.29 is 13.2 Å². The van der Waals surface area contributed by atoms with Crippen molar-refractivity contribution in [3.63, 3.8) is 0 Å². The van der Waals surface area contributed by atoms with Gasteiger partial charge in [0.25, 0.3) is 0 Å². The van der Waals surface area contributed by atoms with Crippen molar-refractivity contribution in [1.29, 1.82) is 0 Å². The van der Waals surface area contributed by atoms with Gasteiger partial charge in [-0.1, -0.05) is 48.0 Å². The molecule has 0 aromatic heterocycles. The molecule has 1 heterocycles. The van der Waals surface area contributed by atoms with E-state index < -0.39 is 16.1 Å². The van der Waals surface area contributed by atoms with Crippen LogP contribution in [0.15, 0.2) is 77.7 Å². The molecule has 0 unspecified atom stereocenters. The second kappa shape index (κ2) is 6.19. The van der Waals surface area contributed by atoms with Gasteiger partial charge >= 0.3 is 0 Å². The standard InChI is InChI=1S/C19H14ClNO3S/c20-13-9-11-14(12-10-13)25(22,23)21-19-15-5-1-3-7-17(15)24-18-8-4-2-6-16(18)19/h1-12,19,21H. The average Bonchev–Trinajstić information content (AvgIpc) is 2.62. The number of halogens is 1. The maximum absolute atomic E-state index is 12.8. The molecule has 126 valence electrons. The second-order valence-electron chi connectivity index (χ2n) is 5.69. The number of para-hydroxylation sites is 2. The lowest BCUT2D eigenvalue weighted by molar-refractivity contribution is 0.440. The average molecular weight is 372 g/mol. The molecule has 0 amide bonds. The summed E-state index contributed by atoms with van der Waals surface area (Å²) in [7, 11) is -3.73. The first kappa shape index (κ1) is 16.1. The molecule has 0 aliphatic carbocycles. The van der Waals surface area contributed by atoms with E-state index in [2.05, 4.69) is 4.72 Å². The van der Waals surface area contributed by atoms with Gasteiger partial charge in [-0.05, 0) is 36.4 Å². The lowest BCUT2D eigenvalue weighted by Gasteiger charge is -2.28. The van der Waals surface area contributed by atoms with E-state index >= 15 is 0 Å². The zero-order chi connectivity index (χ0) is 17.4. The number of sulfonamides is 1. The molecule has 6 heteroatoms. The molecule has 0 fully saturated rings. The number of hydrogen-bond acceptors (Lipinski definition) is 3. The fourth-order valence-corrected chi connectivity index (χ4v) is 4.19. The van der Waals surface area contributed by atoms with Crippen LogP contribution < -0.4 is 9.46 Å². The summed E-state index contributed by atoms with van der Waals surface area (Å²) in [6.07, 6.45) is 0. The summed E-state index contributed by atoms with van der Waals surface area (Å²) in [5.41, 5.74) is 1.55. The molecule has 0 spiro atoms. The molecule has 0 saturated heterocycles. The van der Waals surface area contributed by atoms with Gasteiger partial charge in [0.1, 0.15) is 11.5 Å². The monoisotopic (exact) mass is 371 g/mol. The Bertz CT molecular complexity index is 987. The Morgan fingerprint density at radius 2 is 1.32 bits per heavy atom. The lowest BCUT2D eigenvalue weighted by atomic mass is 9.95. The summed E-state index contributed by atoms with van der Waals surface area (Å²) in [6.45, 7) is 0. The second-order valence-corrected chi connectivity index (χ2v) is 7.84. The first-order valence-electron chi connectivity index (χ1n) is 7.68. The Morgan fingerprint density at radius 1 is 0.800 bits per heavy atom. The lowest BCUT2D eigenvalue weighted by Crippen LogP contribution is -2.31. The predicted octanol–water partition coefficient (Wildman–Crippen LogP) is 4.51. The van der Waals surface area contributed by atoms with Gasteiger partial charge < -0.3 is 4.74 Å². The molecule has 1 N–H and O–H groups in total. The zero-order valence-electron chi connectivity index (χ0n) is 13.0. The molecule has 1 aliphatic rings. The fourth-order valence-electron chi connectivity index (χ4n) is 2.87. The van der Waals surface area contributed by atoms with E-state index in [4.69, 9.17) is 16.3 Å².